The molecule has 0 aromatic carbocycles. The largest absolute Gasteiger partial charge is 0.365 e. The smallest absolute Gasteiger partial charge is 0.153 e. The van der Waals surface area contributed by atoms with Crippen LogP contribution in [-0.4, -0.2) is 43.5 Å². The molecule has 1 saturated heterocycles. The van der Waals surface area contributed by atoms with Crippen LogP contribution in [0.1, 0.15) is 19.3 Å². The van der Waals surface area contributed by atoms with E-state index in [1.54, 1.807) is 4.68 Å². The summed E-state index contributed by atoms with van der Waals surface area (Å²) in [5.74, 6) is 0.899. The van der Waals surface area contributed by atoms with Gasteiger partial charge in [0.1, 0.15) is 5.52 Å². The summed E-state index contributed by atoms with van der Waals surface area (Å²) in [7, 11) is 1.91. The highest BCUT2D eigenvalue weighted by Crippen LogP contribution is 2.23. The molecular formula is C16H21N7. The van der Waals surface area contributed by atoms with E-state index in [2.05, 4.69) is 20.8 Å². The zero-order valence-electron chi connectivity index (χ0n) is 13.2. The molecule has 0 aliphatic carbocycles. The molecule has 0 spiro atoms. The minimum atomic E-state index is 0.445. The average Bonchev–Trinajstić information content (AvgIpc) is 3.11. The van der Waals surface area contributed by atoms with Crippen LogP contribution in [0, 0.1) is 0 Å². The van der Waals surface area contributed by atoms with Crippen molar-refractivity contribution in [1.82, 2.24) is 29.7 Å². The van der Waals surface area contributed by atoms with E-state index >= 15 is 0 Å². The monoisotopic (exact) mass is 311 g/mol. The van der Waals surface area contributed by atoms with Gasteiger partial charge in [-0.2, -0.15) is 10.2 Å². The van der Waals surface area contributed by atoms with E-state index in [4.69, 9.17) is 4.98 Å². The Labute approximate surface area is 134 Å². The average molecular weight is 311 g/mol. The first-order valence-electron chi connectivity index (χ1n) is 8.10. The van der Waals surface area contributed by atoms with E-state index in [1.807, 2.05) is 42.4 Å². The molecule has 0 bridgehead atoms. The second kappa shape index (κ2) is 6.00. The lowest BCUT2D eigenvalue weighted by atomic mass is 10.1. The number of hydrogen-bond acceptors (Lipinski definition) is 5. The van der Waals surface area contributed by atoms with Gasteiger partial charge in [-0.1, -0.05) is 0 Å². The lowest BCUT2D eigenvalue weighted by Gasteiger charge is -2.18. The summed E-state index contributed by atoms with van der Waals surface area (Å²) in [5, 5.41) is 15.7. The molecule has 7 heteroatoms. The number of nitrogens with one attached hydrogen (secondary N) is 2. The predicted octanol–water partition coefficient (Wildman–Crippen LogP) is 1.68. The number of aromatic nitrogens is 5. The summed E-state index contributed by atoms with van der Waals surface area (Å²) in [5.41, 5.74) is 2.88. The van der Waals surface area contributed by atoms with E-state index in [-0.39, 0.29) is 0 Å². The van der Waals surface area contributed by atoms with Crippen molar-refractivity contribution in [1.29, 1.82) is 0 Å². The Bertz CT molecular complexity index is 796. The summed E-state index contributed by atoms with van der Waals surface area (Å²) in [6.07, 6.45) is 11.0. The molecule has 1 aliphatic heterocycles. The molecule has 0 saturated carbocycles. The molecule has 2 N–H and O–H groups in total. The number of aryl methyl sites for hydroxylation is 1. The molecule has 1 fully saturated rings. The SMILES string of the molecule is Cn1cc(-c2cn3nccc3c(NC3CCCNCC3)n2)cn1. The molecule has 1 unspecified atom stereocenters. The summed E-state index contributed by atoms with van der Waals surface area (Å²) in [6, 6.07) is 2.44. The van der Waals surface area contributed by atoms with Crippen LogP contribution in [0.3, 0.4) is 0 Å². The summed E-state index contributed by atoms with van der Waals surface area (Å²) >= 11 is 0. The molecule has 4 rings (SSSR count). The third-order valence-corrected chi connectivity index (χ3v) is 4.31. The quantitative estimate of drug-likeness (QED) is 0.770. The fourth-order valence-electron chi connectivity index (χ4n) is 3.08. The van der Waals surface area contributed by atoms with Gasteiger partial charge in [-0.05, 0) is 38.4 Å². The topological polar surface area (TPSA) is 72.1 Å². The van der Waals surface area contributed by atoms with E-state index in [0.29, 0.717) is 6.04 Å². The molecule has 120 valence electrons. The maximum Gasteiger partial charge on any atom is 0.153 e. The normalized spacial score (nSPS) is 18.9. The summed E-state index contributed by atoms with van der Waals surface area (Å²) in [4.78, 5) is 4.84. The van der Waals surface area contributed by atoms with Gasteiger partial charge in [0.15, 0.2) is 5.82 Å². The van der Waals surface area contributed by atoms with Crippen molar-refractivity contribution in [3.8, 4) is 11.3 Å². The standard InChI is InChI=1S/C16H21N7/c1-22-10-12(9-19-22)14-11-23-15(5-8-18-23)16(21-14)20-13-3-2-6-17-7-4-13/h5,8-11,13,17H,2-4,6-7H2,1H3,(H,20,21). The zero-order valence-corrected chi connectivity index (χ0v) is 13.2. The van der Waals surface area contributed by atoms with Crippen molar-refractivity contribution in [3.05, 3.63) is 30.9 Å². The van der Waals surface area contributed by atoms with Crippen LogP contribution in [0.15, 0.2) is 30.9 Å². The maximum absolute atomic E-state index is 4.84. The lowest BCUT2D eigenvalue weighted by Crippen LogP contribution is -2.22. The highest BCUT2D eigenvalue weighted by Gasteiger charge is 2.16. The van der Waals surface area contributed by atoms with Gasteiger partial charge in [0, 0.05) is 24.8 Å². The molecule has 1 aliphatic rings. The van der Waals surface area contributed by atoms with Crippen molar-refractivity contribution < 1.29 is 0 Å². The molecule has 1 atom stereocenters. The molecule has 3 aromatic heterocycles. The highest BCUT2D eigenvalue weighted by atomic mass is 15.3. The number of hydrogen-bond donors (Lipinski definition) is 2. The van der Waals surface area contributed by atoms with Gasteiger partial charge in [-0.3, -0.25) is 4.68 Å². The highest BCUT2D eigenvalue weighted by molar-refractivity contribution is 5.71. The van der Waals surface area contributed by atoms with Crippen LogP contribution in [0.5, 0.6) is 0 Å². The van der Waals surface area contributed by atoms with Gasteiger partial charge >= 0.3 is 0 Å². The van der Waals surface area contributed by atoms with Crippen molar-refractivity contribution in [3.63, 3.8) is 0 Å². The van der Waals surface area contributed by atoms with Gasteiger partial charge in [-0.15, -0.1) is 0 Å². The third kappa shape index (κ3) is 2.92. The fourth-order valence-corrected chi connectivity index (χ4v) is 3.08. The van der Waals surface area contributed by atoms with Crippen LogP contribution in [-0.2, 0) is 7.05 Å². The van der Waals surface area contributed by atoms with Gasteiger partial charge < -0.3 is 10.6 Å². The fraction of sp³-hybridized carbons (Fsp3) is 0.438. The Kier molecular flexibility index (Phi) is 3.70. The minimum Gasteiger partial charge on any atom is -0.365 e. The maximum atomic E-state index is 4.84. The van der Waals surface area contributed by atoms with Gasteiger partial charge in [0.05, 0.1) is 24.3 Å². The zero-order chi connectivity index (χ0) is 15.6. The first kappa shape index (κ1) is 14.2. The number of anilines is 1. The van der Waals surface area contributed by atoms with Gasteiger partial charge in [0.2, 0.25) is 0 Å². The molecule has 0 amide bonds. The number of fused-ring (bicyclic) bond motifs is 1. The van der Waals surface area contributed by atoms with Crippen molar-refractivity contribution in [2.24, 2.45) is 7.05 Å². The Morgan fingerprint density at radius 3 is 3.04 bits per heavy atom. The number of rotatable bonds is 3. The van der Waals surface area contributed by atoms with Crippen LogP contribution in [0.25, 0.3) is 16.8 Å². The Hall–Kier alpha value is -2.41. The van der Waals surface area contributed by atoms with Crippen LogP contribution < -0.4 is 10.6 Å². The van der Waals surface area contributed by atoms with Gasteiger partial charge in [0.25, 0.3) is 0 Å². The first-order valence-corrected chi connectivity index (χ1v) is 8.10. The van der Waals surface area contributed by atoms with E-state index in [1.165, 1.54) is 6.42 Å². The van der Waals surface area contributed by atoms with Gasteiger partial charge in [-0.25, -0.2) is 9.50 Å². The number of nitrogens with zero attached hydrogens (tertiary/aromatic N) is 5. The summed E-state index contributed by atoms with van der Waals surface area (Å²) in [6.45, 7) is 2.15. The molecular weight excluding hydrogens is 290 g/mol. The Morgan fingerprint density at radius 2 is 2.17 bits per heavy atom. The van der Waals surface area contributed by atoms with Crippen molar-refractivity contribution in [2.75, 3.05) is 18.4 Å². The van der Waals surface area contributed by atoms with Crippen LogP contribution in [0.2, 0.25) is 0 Å². The minimum absolute atomic E-state index is 0.445. The second-order valence-corrected chi connectivity index (χ2v) is 6.06. The summed E-state index contributed by atoms with van der Waals surface area (Å²) < 4.78 is 3.67. The Morgan fingerprint density at radius 1 is 1.22 bits per heavy atom. The molecule has 23 heavy (non-hydrogen) atoms. The first-order chi connectivity index (χ1) is 11.3. The van der Waals surface area contributed by atoms with Crippen molar-refractivity contribution >= 4 is 11.3 Å². The van der Waals surface area contributed by atoms with E-state index in [0.717, 1.165) is 48.5 Å². The Balaban J connectivity index is 1.70. The molecule has 0 radical (unpaired) electrons. The third-order valence-electron chi connectivity index (χ3n) is 4.31. The predicted molar refractivity (Wildman–Crippen MR) is 89.3 cm³/mol. The lowest BCUT2D eigenvalue weighted by molar-refractivity contribution is 0.635. The second-order valence-electron chi connectivity index (χ2n) is 6.06. The molecule has 7 nitrogen and oxygen atoms in total. The van der Waals surface area contributed by atoms with Crippen LogP contribution >= 0.6 is 0 Å². The molecule has 3 aromatic rings. The van der Waals surface area contributed by atoms with E-state index in [9.17, 15) is 0 Å². The van der Waals surface area contributed by atoms with Crippen LogP contribution in [0.4, 0.5) is 5.82 Å². The van der Waals surface area contributed by atoms with Crippen molar-refractivity contribution in [2.45, 2.75) is 25.3 Å². The van der Waals surface area contributed by atoms with E-state index < -0.39 is 0 Å². The molecule has 4 heterocycles.